The third-order valence-corrected chi connectivity index (χ3v) is 3.84. The number of nitrogens with one attached hydrogen (secondary N) is 3. The molecule has 2 atom stereocenters. The van der Waals surface area contributed by atoms with Crippen molar-refractivity contribution in [2.24, 2.45) is 5.73 Å². The lowest BCUT2D eigenvalue weighted by Gasteiger charge is -2.21. The van der Waals surface area contributed by atoms with Gasteiger partial charge in [0, 0.05) is 12.9 Å². The Hall–Kier alpha value is -1.65. The number of carbonyl (C=O) groups is 4. The van der Waals surface area contributed by atoms with Crippen LogP contribution in [0.2, 0.25) is 0 Å². The molecule has 0 aliphatic carbocycles. The first-order chi connectivity index (χ1) is 10.8. The van der Waals surface area contributed by atoms with Gasteiger partial charge in [0.25, 0.3) is 0 Å². The number of rotatable bonds is 12. The molecule has 1 unspecified atom stereocenters. The zero-order valence-electron chi connectivity index (χ0n) is 13.5. The summed E-state index contributed by atoms with van der Waals surface area (Å²) in [6.07, 6.45) is 0. The molecule has 0 radical (unpaired) electrons. The first-order valence-electron chi connectivity index (χ1n) is 6.91. The molecule has 0 aromatic heterocycles. The summed E-state index contributed by atoms with van der Waals surface area (Å²) >= 11 is 1.21. The Labute approximate surface area is 139 Å². The standard InChI is InChI=1S/C13H24N4O5S/c1-8(18)6-23-7-10(12(20)16-4-11(14)19)17-13(21)9(15-2)5-22-3/h9-10,15H,4-7H2,1-3H3,(H2,14,19)(H,16,20)(H,17,21)/t9?,10-/m0/s1. The topological polar surface area (TPSA) is 140 Å². The van der Waals surface area contributed by atoms with E-state index in [4.69, 9.17) is 10.5 Å². The van der Waals surface area contributed by atoms with Crippen LogP contribution in [0, 0.1) is 0 Å². The summed E-state index contributed by atoms with van der Waals surface area (Å²) < 4.78 is 4.91. The van der Waals surface area contributed by atoms with Crippen LogP contribution in [-0.4, -0.2) is 74.4 Å². The van der Waals surface area contributed by atoms with Crippen LogP contribution in [0.1, 0.15) is 6.92 Å². The molecule has 0 saturated heterocycles. The Bertz CT molecular complexity index is 433. The van der Waals surface area contributed by atoms with Crippen LogP contribution in [0.4, 0.5) is 0 Å². The molecule has 0 aliphatic rings. The van der Waals surface area contributed by atoms with Gasteiger partial charge in [-0.3, -0.25) is 19.2 Å². The molecule has 0 spiro atoms. The van der Waals surface area contributed by atoms with Crippen LogP contribution in [0.3, 0.4) is 0 Å². The SMILES string of the molecule is CNC(COC)C(=O)N[C@@H](CSCC(C)=O)C(=O)NCC(N)=O. The molecule has 0 fully saturated rings. The monoisotopic (exact) mass is 348 g/mol. The second kappa shape index (κ2) is 11.9. The normalized spacial score (nSPS) is 13.0. The number of hydrogen-bond acceptors (Lipinski definition) is 7. The molecule has 0 rings (SSSR count). The third kappa shape index (κ3) is 9.87. The third-order valence-electron chi connectivity index (χ3n) is 2.66. The van der Waals surface area contributed by atoms with E-state index < -0.39 is 29.8 Å². The lowest BCUT2D eigenvalue weighted by molar-refractivity contribution is -0.130. The molecular weight excluding hydrogens is 324 g/mol. The van der Waals surface area contributed by atoms with E-state index in [1.807, 2.05) is 0 Å². The highest BCUT2D eigenvalue weighted by molar-refractivity contribution is 8.00. The van der Waals surface area contributed by atoms with E-state index >= 15 is 0 Å². The minimum absolute atomic E-state index is 0.0369. The number of carbonyl (C=O) groups excluding carboxylic acids is 4. The van der Waals surface area contributed by atoms with Crippen LogP contribution in [0.15, 0.2) is 0 Å². The summed E-state index contributed by atoms with van der Waals surface area (Å²) in [5.74, 6) is -1.27. The van der Waals surface area contributed by atoms with Crippen molar-refractivity contribution in [1.29, 1.82) is 0 Å². The maximum Gasteiger partial charge on any atom is 0.243 e. The molecule has 0 aliphatic heterocycles. The van der Waals surface area contributed by atoms with E-state index in [0.717, 1.165) is 0 Å². The van der Waals surface area contributed by atoms with Crippen molar-refractivity contribution in [1.82, 2.24) is 16.0 Å². The van der Waals surface area contributed by atoms with Crippen LogP contribution in [-0.2, 0) is 23.9 Å². The smallest absolute Gasteiger partial charge is 0.243 e. The van der Waals surface area contributed by atoms with Crippen molar-refractivity contribution >= 4 is 35.3 Å². The Balaban J connectivity index is 4.74. The van der Waals surface area contributed by atoms with Crippen LogP contribution >= 0.6 is 11.8 Å². The van der Waals surface area contributed by atoms with E-state index in [0.29, 0.717) is 0 Å². The van der Waals surface area contributed by atoms with Crippen LogP contribution in [0.5, 0.6) is 0 Å². The van der Waals surface area contributed by atoms with Gasteiger partial charge in [-0.05, 0) is 14.0 Å². The van der Waals surface area contributed by atoms with Gasteiger partial charge in [0.15, 0.2) is 0 Å². The number of hydrogen-bond donors (Lipinski definition) is 4. The van der Waals surface area contributed by atoms with Crippen molar-refractivity contribution in [3.05, 3.63) is 0 Å². The minimum Gasteiger partial charge on any atom is -0.383 e. The first kappa shape index (κ1) is 21.4. The van der Waals surface area contributed by atoms with Gasteiger partial charge < -0.3 is 26.4 Å². The molecule has 0 saturated carbocycles. The summed E-state index contributed by atoms with van der Waals surface area (Å²) in [4.78, 5) is 45.9. The predicted octanol–water partition coefficient (Wildman–Crippen LogP) is -2.37. The van der Waals surface area contributed by atoms with Crippen molar-refractivity contribution in [2.75, 3.05) is 38.8 Å². The van der Waals surface area contributed by atoms with Gasteiger partial charge in [-0.1, -0.05) is 0 Å². The van der Waals surface area contributed by atoms with Crippen molar-refractivity contribution in [3.63, 3.8) is 0 Å². The average molecular weight is 348 g/mol. The van der Waals surface area contributed by atoms with E-state index in [9.17, 15) is 19.2 Å². The maximum atomic E-state index is 12.1. The van der Waals surface area contributed by atoms with Gasteiger partial charge in [-0.15, -0.1) is 0 Å². The van der Waals surface area contributed by atoms with Crippen molar-refractivity contribution in [2.45, 2.75) is 19.0 Å². The number of amides is 3. The second-order valence-electron chi connectivity index (χ2n) is 4.76. The fourth-order valence-corrected chi connectivity index (χ4v) is 2.41. The average Bonchev–Trinajstić information content (AvgIpc) is 2.48. The molecule has 23 heavy (non-hydrogen) atoms. The molecule has 0 bridgehead atoms. The molecule has 10 heteroatoms. The Morgan fingerprint density at radius 1 is 1.17 bits per heavy atom. The molecule has 0 heterocycles. The minimum atomic E-state index is -0.890. The van der Waals surface area contributed by atoms with E-state index in [1.54, 1.807) is 7.05 Å². The predicted molar refractivity (Wildman–Crippen MR) is 86.9 cm³/mol. The molecule has 9 nitrogen and oxygen atoms in total. The largest absolute Gasteiger partial charge is 0.383 e. The van der Waals surface area contributed by atoms with Gasteiger partial charge in [-0.2, -0.15) is 11.8 Å². The summed E-state index contributed by atoms with van der Waals surface area (Å²) in [6.45, 7) is 1.25. The lowest BCUT2D eigenvalue weighted by Crippen LogP contribution is -2.55. The number of methoxy groups -OCH3 is 1. The Kier molecular flexibility index (Phi) is 11.0. The number of ketones is 1. The summed E-state index contributed by atoms with van der Waals surface area (Å²) in [7, 11) is 3.05. The highest BCUT2D eigenvalue weighted by Gasteiger charge is 2.25. The van der Waals surface area contributed by atoms with Gasteiger partial charge in [0.2, 0.25) is 17.7 Å². The molecule has 0 aromatic carbocycles. The lowest BCUT2D eigenvalue weighted by atomic mass is 10.2. The quantitative estimate of drug-likeness (QED) is 0.309. The fourth-order valence-electron chi connectivity index (χ4n) is 1.53. The fraction of sp³-hybridized carbons (Fsp3) is 0.692. The highest BCUT2D eigenvalue weighted by atomic mass is 32.2. The second-order valence-corrected chi connectivity index (χ2v) is 5.79. The summed E-state index contributed by atoms with van der Waals surface area (Å²) in [5, 5.41) is 7.68. The van der Waals surface area contributed by atoms with Gasteiger partial charge in [0.1, 0.15) is 17.9 Å². The number of thioether (sulfide) groups is 1. The van der Waals surface area contributed by atoms with E-state index in [-0.39, 0.29) is 30.4 Å². The Morgan fingerprint density at radius 3 is 2.30 bits per heavy atom. The maximum absolute atomic E-state index is 12.1. The number of primary amides is 1. The molecule has 3 amide bonds. The zero-order chi connectivity index (χ0) is 17.8. The summed E-state index contributed by atoms with van der Waals surface area (Å²) in [5.41, 5.74) is 4.97. The number of Topliss-reactive ketones (excluding diaryl/α,β-unsaturated/α-hetero) is 1. The van der Waals surface area contributed by atoms with Crippen LogP contribution in [0.25, 0.3) is 0 Å². The zero-order valence-corrected chi connectivity index (χ0v) is 14.3. The highest BCUT2D eigenvalue weighted by Crippen LogP contribution is 2.04. The van der Waals surface area contributed by atoms with E-state index in [2.05, 4.69) is 16.0 Å². The van der Waals surface area contributed by atoms with Crippen molar-refractivity contribution < 1.29 is 23.9 Å². The molecule has 5 N–H and O–H groups in total. The number of nitrogens with two attached hydrogens (primary N) is 1. The number of ether oxygens (including phenoxy) is 1. The molecule has 0 aromatic rings. The number of likely N-dealkylation sites (N-methyl/N-ethyl adjacent to an activating group) is 1. The Morgan fingerprint density at radius 2 is 1.83 bits per heavy atom. The summed E-state index contributed by atoms with van der Waals surface area (Å²) in [6, 6.07) is -1.51. The van der Waals surface area contributed by atoms with E-state index in [1.165, 1.54) is 25.8 Å². The van der Waals surface area contributed by atoms with Crippen molar-refractivity contribution in [3.8, 4) is 0 Å². The van der Waals surface area contributed by atoms with Gasteiger partial charge in [0.05, 0.1) is 18.9 Å². The molecule has 132 valence electrons. The first-order valence-corrected chi connectivity index (χ1v) is 8.07. The molecular formula is C13H24N4O5S. The van der Waals surface area contributed by atoms with Gasteiger partial charge >= 0.3 is 0 Å². The van der Waals surface area contributed by atoms with Crippen LogP contribution < -0.4 is 21.7 Å². The van der Waals surface area contributed by atoms with Gasteiger partial charge in [-0.25, -0.2) is 0 Å².